The van der Waals surface area contributed by atoms with E-state index in [0.717, 1.165) is 52.8 Å². The van der Waals surface area contributed by atoms with Crippen LogP contribution in [0.2, 0.25) is 0 Å². The van der Waals surface area contributed by atoms with Crippen LogP contribution in [-0.4, -0.2) is 22.4 Å². The number of carbonyl (C=O) groups excluding carboxylic acids is 2. The number of allylic oxidation sites excluding steroid dienone is 3. The number of hydrogen-bond acceptors (Lipinski definition) is 4. The molecule has 1 aliphatic carbocycles. The number of rotatable bonds is 5. The zero-order valence-corrected chi connectivity index (χ0v) is 22.2. The average Bonchev–Trinajstić information content (AvgIpc) is 3.15. The van der Waals surface area contributed by atoms with Crippen LogP contribution in [0.5, 0.6) is 0 Å². The van der Waals surface area contributed by atoms with Crippen LogP contribution < -0.4 is 5.32 Å². The van der Waals surface area contributed by atoms with Gasteiger partial charge in [-0.15, -0.1) is 0 Å². The Labute approximate surface area is 213 Å². The van der Waals surface area contributed by atoms with Crippen molar-refractivity contribution in [1.29, 1.82) is 0 Å². The molecular formula is C31H36N2O3. The molecule has 2 aromatic carbocycles. The van der Waals surface area contributed by atoms with E-state index >= 15 is 0 Å². The minimum atomic E-state index is -0.449. The summed E-state index contributed by atoms with van der Waals surface area (Å²) < 4.78 is 8.14. The molecule has 2 heterocycles. The van der Waals surface area contributed by atoms with Crippen LogP contribution in [0.4, 0.5) is 0 Å². The Morgan fingerprint density at radius 1 is 1.11 bits per heavy atom. The number of fused-ring (bicyclic) bond motifs is 3. The van der Waals surface area contributed by atoms with Gasteiger partial charge in [0.25, 0.3) is 0 Å². The third-order valence-corrected chi connectivity index (χ3v) is 7.79. The summed E-state index contributed by atoms with van der Waals surface area (Å²) in [7, 11) is 0. The van der Waals surface area contributed by atoms with Crippen molar-refractivity contribution < 1.29 is 14.3 Å². The molecule has 1 aromatic heterocycles. The van der Waals surface area contributed by atoms with E-state index in [0.29, 0.717) is 12.0 Å². The molecule has 5 nitrogen and oxygen atoms in total. The van der Waals surface area contributed by atoms with Gasteiger partial charge < -0.3 is 14.6 Å². The number of dihydropyridines is 1. The van der Waals surface area contributed by atoms with E-state index in [1.807, 2.05) is 20.8 Å². The fourth-order valence-electron chi connectivity index (χ4n) is 5.96. The van der Waals surface area contributed by atoms with E-state index in [1.54, 1.807) is 0 Å². The summed E-state index contributed by atoms with van der Waals surface area (Å²) in [5.74, 6) is -0.690. The Morgan fingerprint density at radius 3 is 2.56 bits per heavy atom. The highest BCUT2D eigenvalue weighted by molar-refractivity contribution is 6.09. The molecule has 2 atom stereocenters. The highest BCUT2D eigenvalue weighted by Gasteiger charge is 2.43. The number of esters is 1. The summed E-state index contributed by atoms with van der Waals surface area (Å²) in [6, 6.07) is 14.8. The Hall–Kier alpha value is -3.34. The number of ketones is 1. The molecule has 1 aliphatic heterocycles. The number of para-hydroxylation sites is 1. The number of benzene rings is 2. The van der Waals surface area contributed by atoms with Crippen LogP contribution in [-0.2, 0) is 20.9 Å². The van der Waals surface area contributed by atoms with Gasteiger partial charge in [0.15, 0.2) is 5.78 Å². The second-order valence-corrected chi connectivity index (χ2v) is 11.1. The number of nitrogens with one attached hydrogen (secondary N) is 1. The van der Waals surface area contributed by atoms with Gasteiger partial charge in [-0.3, -0.25) is 4.79 Å². The van der Waals surface area contributed by atoms with Crippen molar-refractivity contribution in [2.75, 3.05) is 0 Å². The van der Waals surface area contributed by atoms with Crippen molar-refractivity contribution in [3.63, 3.8) is 0 Å². The molecular weight excluding hydrogens is 448 g/mol. The van der Waals surface area contributed by atoms with Crippen molar-refractivity contribution in [3.05, 3.63) is 70.6 Å². The molecule has 5 heteroatoms. The van der Waals surface area contributed by atoms with E-state index in [-0.39, 0.29) is 23.3 Å². The first-order valence-corrected chi connectivity index (χ1v) is 13.1. The van der Waals surface area contributed by atoms with Crippen molar-refractivity contribution in [2.24, 2.45) is 5.41 Å². The number of Topliss-reactive ketones (excluding diaryl/α,β-unsaturated/α-hetero) is 1. The molecule has 0 spiro atoms. The fraction of sp³-hybridized carbons (Fsp3) is 0.419. The second kappa shape index (κ2) is 8.95. The van der Waals surface area contributed by atoms with Crippen LogP contribution in [0, 0.1) is 5.41 Å². The number of aromatic nitrogens is 1. The van der Waals surface area contributed by atoms with Crippen LogP contribution in [0.3, 0.4) is 0 Å². The highest BCUT2D eigenvalue weighted by Crippen LogP contribution is 2.47. The van der Waals surface area contributed by atoms with E-state index in [4.69, 9.17) is 4.74 Å². The zero-order chi connectivity index (χ0) is 25.8. The van der Waals surface area contributed by atoms with Gasteiger partial charge in [0.05, 0.1) is 11.7 Å². The highest BCUT2D eigenvalue weighted by atomic mass is 16.5. The summed E-state index contributed by atoms with van der Waals surface area (Å²) in [5.41, 5.74) is 6.15. The number of nitrogens with zero attached hydrogens (tertiary/aromatic N) is 1. The molecule has 0 saturated heterocycles. The Balaban J connectivity index is 1.73. The average molecular weight is 485 g/mol. The lowest BCUT2D eigenvalue weighted by Gasteiger charge is -2.39. The molecule has 0 saturated carbocycles. The molecule has 36 heavy (non-hydrogen) atoms. The van der Waals surface area contributed by atoms with E-state index in [1.165, 1.54) is 10.9 Å². The molecule has 0 bridgehead atoms. The molecule has 1 N–H and O–H groups in total. The summed E-state index contributed by atoms with van der Waals surface area (Å²) in [6.45, 7) is 13.1. The van der Waals surface area contributed by atoms with Crippen LogP contribution in [0.25, 0.3) is 21.8 Å². The smallest absolute Gasteiger partial charge is 0.337 e. The first-order valence-electron chi connectivity index (χ1n) is 13.1. The lowest BCUT2D eigenvalue weighted by Crippen LogP contribution is -2.39. The van der Waals surface area contributed by atoms with Gasteiger partial charge in [-0.05, 0) is 62.8 Å². The molecule has 2 aliphatic rings. The Morgan fingerprint density at radius 2 is 1.83 bits per heavy atom. The zero-order valence-electron chi connectivity index (χ0n) is 22.2. The molecule has 5 rings (SSSR count). The summed E-state index contributed by atoms with van der Waals surface area (Å²) in [5, 5.41) is 5.76. The standard InChI is InChI=1S/C31H36N2O3/c1-7-18(3)36-30(35)27-19(4)32-23-16-31(5,6)17-26(34)29(23)28(27)20-13-14-25-22(15-20)21-11-9-10-12-24(21)33(25)8-2/h9-15,18,28,32H,7-8,16-17H2,1-6H3/t18-,28-/m0/s1. The number of hydrogen-bond donors (Lipinski definition) is 1. The fourth-order valence-corrected chi connectivity index (χ4v) is 5.96. The predicted molar refractivity (Wildman–Crippen MR) is 145 cm³/mol. The van der Waals surface area contributed by atoms with E-state index < -0.39 is 5.92 Å². The third kappa shape index (κ3) is 3.95. The van der Waals surface area contributed by atoms with Gasteiger partial charge in [-0.25, -0.2) is 4.79 Å². The SMILES string of the molecule is CC[C@H](C)OC(=O)C1=C(C)NC2=C(C(=O)CC(C)(C)C2)[C@H]1c1ccc2c(c1)c1ccccc1n2CC. The molecule has 0 fully saturated rings. The van der Waals surface area contributed by atoms with Crippen LogP contribution in [0.15, 0.2) is 65.0 Å². The first-order chi connectivity index (χ1) is 17.1. The Kier molecular flexibility index (Phi) is 6.06. The van der Waals surface area contributed by atoms with Crippen molar-refractivity contribution in [2.45, 2.75) is 79.4 Å². The van der Waals surface area contributed by atoms with E-state index in [9.17, 15) is 9.59 Å². The minimum absolute atomic E-state index is 0.108. The number of ether oxygens (including phenoxy) is 1. The molecule has 188 valence electrons. The van der Waals surface area contributed by atoms with Gasteiger partial charge in [0, 0.05) is 57.7 Å². The van der Waals surface area contributed by atoms with Crippen LogP contribution >= 0.6 is 0 Å². The summed E-state index contributed by atoms with van der Waals surface area (Å²) in [4.78, 5) is 27.2. The topological polar surface area (TPSA) is 60.3 Å². The maximum atomic E-state index is 13.6. The van der Waals surface area contributed by atoms with Gasteiger partial charge in [-0.2, -0.15) is 0 Å². The lowest BCUT2D eigenvalue weighted by atomic mass is 9.68. The number of aryl methyl sites for hydroxylation is 1. The third-order valence-electron chi connectivity index (χ3n) is 7.79. The first kappa shape index (κ1) is 24.4. The second-order valence-electron chi connectivity index (χ2n) is 11.1. The monoisotopic (exact) mass is 484 g/mol. The van der Waals surface area contributed by atoms with Crippen molar-refractivity contribution in [1.82, 2.24) is 9.88 Å². The van der Waals surface area contributed by atoms with Gasteiger partial charge in [-0.1, -0.05) is 45.0 Å². The van der Waals surface area contributed by atoms with Gasteiger partial charge >= 0.3 is 5.97 Å². The molecule has 0 amide bonds. The predicted octanol–water partition coefficient (Wildman–Crippen LogP) is 6.76. The Bertz CT molecular complexity index is 1450. The number of carbonyl (C=O) groups is 2. The maximum absolute atomic E-state index is 13.6. The van der Waals surface area contributed by atoms with Crippen molar-refractivity contribution in [3.8, 4) is 0 Å². The molecule has 0 radical (unpaired) electrons. The minimum Gasteiger partial charge on any atom is -0.459 e. The van der Waals surface area contributed by atoms with E-state index in [2.05, 4.69) is 73.1 Å². The normalized spacial score (nSPS) is 20.5. The molecule has 0 unspecified atom stereocenters. The van der Waals surface area contributed by atoms with Crippen molar-refractivity contribution >= 4 is 33.6 Å². The molecule has 3 aromatic rings. The largest absolute Gasteiger partial charge is 0.459 e. The van der Waals surface area contributed by atoms with Gasteiger partial charge in [0.1, 0.15) is 0 Å². The lowest BCUT2D eigenvalue weighted by molar-refractivity contribution is -0.144. The quantitative estimate of drug-likeness (QED) is 0.407. The van der Waals surface area contributed by atoms with Gasteiger partial charge in [0.2, 0.25) is 0 Å². The maximum Gasteiger partial charge on any atom is 0.337 e. The van der Waals surface area contributed by atoms with Crippen LogP contribution in [0.1, 0.15) is 72.3 Å². The summed E-state index contributed by atoms with van der Waals surface area (Å²) >= 11 is 0. The summed E-state index contributed by atoms with van der Waals surface area (Å²) in [6.07, 6.45) is 1.78.